The smallest absolute Gasteiger partial charge is 0.274 e. The predicted molar refractivity (Wildman–Crippen MR) is 99.7 cm³/mol. The van der Waals surface area contributed by atoms with Crippen LogP contribution in [0.25, 0.3) is 11.0 Å². The number of hydrogen-bond acceptors (Lipinski definition) is 5. The SMILES string of the molecule is O=C1CC[C@@H](CN(Cc2cccnc2)C(=O)c2cnc3ccccc3n2)N1. The highest BCUT2D eigenvalue weighted by atomic mass is 16.2. The van der Waals surface area contributed by atoms with Gasteiger partial charge in [-0.2, -0.15) is 0 Å². The average molecular weight is 361 g/mol. The van der Waals surface area contributed by atoms with E-state index in [1.807, 2.05) is 36.4 Å². The topological polar surface area (TPSA) is 88.1 Å². The average Bonchev–Trinajstić information content (AvgIpc) is 3.12. The molecule has 2 aromatic heterocycles. The second-order valence-corrected chi connectivity index (χ2v) is 6.59. The Kier molecular flexibility index (Phi) is 4.74. The van der Waals surface area contributed by atoms with E-state index in [0.717, 1.165) is 17.5 Å². The van der Waals surface area contributed by atoms with Crippen molar-refractivity contribution < 1.29 is 9.59 Å². The predicted octanol–water partition coefficient (Wildman–Crippen LogP) is 1.95. The Bertz CT molecular complexity index is 976. The third kappa shape index (κ3) is 3.92. The zero-order valence-electron chi connectivity index (χ0n) is 14.7. The number of benzene rings is 1. The van der Waals surface area contributed by atoms with Crippen molar-refractivity contribution in [3.8, 4) is 0 Å². The summed E-state index contributed by atoms with van der Waals surface area (Å²) in [5, 5.41) is 2.92. The van der Waals surface area contributed by atoms with Crippen molar-refractivity contribution in [2.75, 3.05) is 6.54 Å². The van der Waals surface area contributed by atoms with Crippen LogP contribution in [-0.2, 0) is 11.3 Å². The summed E-state index contributed by atoms with van der Waals surface area (Å²) >= 11 is 0. The number of nitrogens with one attached hydrogen (secondary N) is 1. The lowest BCUT2D eigenvalue weighted by Crippen LogP contribution is -2.41. The van der Waals surface area contributed by atoms with Gasteiger partial charge in [0.1, 0.15) is 5.69 Å². The van der Waals surface area contributed by atoms with Gasteiger partial charge >= 0.3 is 0 Å². The molecule has 1 aliphatic heterocycles. The molecule has 0 bridgehead atoms. The molecule has 1 atom stereocenters. The van der Waals surface area contributed by atoms with Crippen molar-refractivity contribution in [2.24, 2.45) is 0 Å². The number of carbonyl (C=O) groups is 2. The van der Waals surface area contributed by atoms with Gasteiger partial charge in [-0.05, 0) is 30.2 Å². The summed E-state index contributed by atoms with van der Waals surface area (Å²) in [5.74, 6) is -0.183. The Morgan fingerprint density at radius 3 is 2.74 bits per heavy atom. The third-order valence-electron chi connectivity index (χ3n) is 4.58. The molecule has 4 rings (SSSR count). The normalized spacial score (nSPS) is 16.3. The van der Waals surface area contributed by atoms with Gasteiger partial charge in [0.05, 0.1) is 17.2 Å². The van der Waals surface area contributed by atoms with Crippen molar-refractivity contribution in [3.05, 3.63) is 66.2 Å². The minimum absolute atomic E-state index is 0.0271. The first-order chi connectivity index (χ1) is 13.2. The highest BCUT2D eigenvalue weighted by molar-refractivity contribution is 5.94. The number of amides is 2. The summed E-state index contributed by atoms with van der Waals surface area (Å²) in [6.45, 7) is 0.821. The summed E-state index contributed by atoms with van der Waals surface area (Å²) < 4.78 is 0. The summed E-state index contributed by atoms with van der Waals surface area (Å²) in [7, 11) is 0. The van der Waals surface area contributed by atoms with E-state index >= 15 is 0 Å². The summed E-state index contributed by atoms with van der Waals surface area (Å²) in [4.78, 5) is 39.3. The van der Waals surface area contributed by atoms with Crippen molar-refractivity contribution in [2.45, 2.75) is 25.4 Å². The highest BCUT2D eigenvalue weighted by Gasteiger charge is 2.27. The number of hydrogen-bond donors (Lipinski definition) is 1. The van der Waals surface area contributed by atoms with E-state index in [-0.39, 0.29) is 17.9 Å². The van der Waals surface area contributed by atoms with Crippen LogP contribution in [-0.4, -0.2) is 44.3 Å². The number of nitrogens with zero attached hydrogens (tertiary/aromatic N) is 4. The van der Waals surface area contributed by atoms with E-state index < -0.39 is 0 Å². The largest absolute Gasteiger partial charge is 0.352 e. The molecule has 1 aromatic carbocycles. The number of rotatable bonds is 5. The van der Waals surface area contributed by atoms with Gasteiger partial charge in [-0.25, -0.2) is 4.98 Å². The molecule has 7 nitrogen and oxygen atoms in total. The molecule has 0 aliphatic carbocycles. The zero-order valence-corrected chi connectivity index (χ0v) is 14.7. The van der Waals surface area contributed by atoms with Crippen LogP contribution in [0.4, 0.5) is 0 Å². The molecule has 1 aliphatic rings. The number of carbonyl (C=O) groups excluding carboxylic acids is 2. The molecule has 0 spiro atoms. The van der Waals surface area contributed by atoms with Crippen LogP contribution in [0.1, 0.15) is 28.9 Å². The molecule has 136 valence electrons. The molecule has 0 unspecified atom stereocenters. The standard InChI is InChI=1S/C20H19N5O2/c26-19-8-7-15(23-19)13-25(12-14-4-3-9-21-10-14)20(27)18-11-22-16-5-1-2-6-17(16)24-18/h1-6,9-11,15H,7-8,12-13H2,(H,23,26)/t15-/m0/s1. The summed E-state index contributed by atoms with van der Waals surface area (Å²) in [6.07, 6.45) is 6.16. The van der Waals surface area contributed by atoms with Crippen LogP contribution in [0.2, 0.25) is 0 Å². The second-order valence-electron chi connectivity index (χ2n) is 6.59. The van der Waals surface area contributed by atoms with Gasteiger partial charge in [0.15, 0.2) is 0 Å². The van der Waals surface area contributed by atoms with Crippen LogP contribution in [0, 0.1) is 0 Å². The fourth-order valence-electron chi connectivity index (χ4n) is 3.23. The molecule has 0 radical (unpaired) electrons. The molecular weight excluding hydrogens is 342 g/mol. The number of pyridine rings is 1. The molecule has 3 heterocycles. The molecule has 2 amide bonds. The third-order valence-corrected chi connectivity index (χ3v) is 4.58. The van der Waals surface area contributed by atoms with E-state index in [1.165, 1.54) is 6.20 Å². The van der Waals surface area contributed by atoms with Crippen LogP contribution in [0.5, 0.6) is 0 Å². The number of fused-ring (bicyclic) bond motifs is 1. The van der Waals surface area contributed by atoms with Gasteiger partial charge in [0, 0.05) is 37.9 Å². The van der Waals surface area contributed by atoms with E-state index in [2.05, 4.69) is 20.3 Å². The maximum atomic E-state index is 13.2. The minimum Gasteiger partial charge on any atom is -0.352 e. The molecule has 1 saturated heterocycles. The second kappa shape index (κ2) is 7.49. The van der Waals surface area contributed by atoms with Gasteiger partial charge in [-0.15, -0.1) is 0 Å². The maximum absolute atomic E-state index is 13.2. The fraction of sp³-hybridized carbons (Fsp3) is 0.250. The molecular formula is C20H19N5O2. The minimum atomic E-state index is -0.210. The van der Waals surface area contributed by atoms with E-state index in [0.29, 0.717) is 30.7 Å². The lowest BCUT2D eigenvalue weighted by Gasteiger charge is -2.25. The van der Waals surface area contributed by atoms with Gasteiger partial charge in [0.25, 0.3) is 5.91 Å². The fourth-order valence-corrected chi connectivity index (χ4v) is 3.23. The molecule has 7 heteroatoms. The molecule has 0 saturated carbocycles. The first-order valence-electron chi connectivity index (χ1n) is 8.88. The first-order valence-corrected chi connectivity index (χ1v) is 8.88. The van der Waals surface area contributed by atoms with Crippen molar-refractivity contribution in [3.63, 3.8) is 0 Å². The quantitative estimate of drug-likeness (QED) is 0.750. The van der Waals surface area contributed by atoms with Gasteiger partial charge in [-0.1, -0.05) is 18.2 Å². The Hall–Kier alpha value is -3.35. The van der Waals surface area contributed by atoms with Crippen molar-refractivity contribution in [1.29, 1.82) is 0 Å². The zero-order chi connectivity index (χ0) is 18.6. The van der Waals surface area contributed by atoms with E-state index in [1.54, 1.807) is 17.3 Å². The summed E-state index contributed by atoms with van der Waals surface area (Å²) in [6, 6.07) is 11.2. The number of aromatic nitrogens is 3. The molecule has 3 aromatic rings. The van der Waals surface area contributed by atoms with E-state index in [9.17, 15) is 9.59 Å². The van der Waals surface area contributed by atoms with Gasteiger partial charge in [-0.3, -0.25) is 19.6 Å². The Labute approximate surface area is 156 Å². The molecule has 1 N–H and O–H groups in total. The monoisotopic (exact) mass is 361 g/mol. The highest BCUT2D eigenvalue weighted by Crippen LogP contribution is 2.15. The Balaban J connectivity index is 1.60. The van der Waals surface area contributed by atoms with Crippen LogP contribution < -0.4 is 5.32 Å². The number of para-hydroxylation sites is 2. The summed E-state index contributed by atoms with van der Waals surface area (Å²) in [5.41, 5.74) is 2.64. The van der Waals surface area contributed by atoms with Gasteiger partial charge < -0.3 is 10.2 Å². The lowest BCUT2D eigenvalue weighted by molar-refractivity contribution is -0.119. The maximum Gasteiger partial charge on any atom is 0.274 e. The molecule has 27 heavy (non-hydrogen) atoms. The Morgan fingerprint density at radius 1 is 1.15 bits per heavy atom. The Morgan fingerprint density at radius 2 is 2.00 bits per heavy atom. The van der Waals surface area contributed by atoms with Gasteiger partial charge in [0.2, 0.25) is 5.91 Å². The van der Waals surface area contributed by atoms with E-state index in [4.69, 9.17) is 0 Å². The van der Waals surface area contributed by atoms with Crippen molar-refractivity contribution in [1.82, 2.24) is 25.2 Å². The van der Waals surface area contributed by atoms with Crippen LogP contribution in [0.3, 0.4) is 0 Å². The van der Waals surface area contributed by atoms with Crippen LogP contribution in [0.15, 0.2) is 55.0 Å². The first kappa shape index (κ1) is 17.1. The lowest BCUT2D eigenvalue weighted by atomic mass is 10.2. The van der Waals surface area contributed by atoms with Crippen LogP contribution >= 0.6 is 0 Å². The molecule has 1 fully saturated rings. The van der Waals surface area contributed by atoms with Crippen molar-refractivity contribution >= 4 is 22.8 Å².